The minimum atomic E-state index is -0.598. The Morgan fingerprint density at radius 2 is 1.75 bits per heavy atom. The number of azide groups is 1. The quantitative estimate of drug-likeness (QED) is 0.125. The molecule has 0 saturated heterocycles. The first-order chi connectivity index (χ1) is 11.8. The van der Waals surface area contributed by atoms with Crippen LogP contribution in [0, 0.1) is 10.1 Å². The molecule has 1 aromatic heterocycles. The highest BCUT2D eigenvalue weighted by Gasteiger charge is 2.14. The average Bonchev–Trinajstić information content (AvgIpc) is 2.59. The lowest BCUT2D eigenvalue weighted by Gasteiger charge is -2.08. The summed E-state index contributed by atoms with van der Waals surface area (Å²) in [6, 6.07) is 3.04. The lowest BCUT2D eigenvalue weighted by molar-refractivity contribution is -0.390. The fraction of sp³-hybridized carbons (Fsp3) is 0.615. The maximum absolute atomic E-state index is 10.7. The number of aromatic nitrogens is 1. The van der Waals surface area contributed by atoms with E-state index in [4.69, 9.17) is 24.5 Å². The van der Waals surface area contributed by atoms with Gasteiger partial charge >= 0.3 is 5.82 Å². The summed E-state index contributed by atoms with van der Waals surface area (Å²) in [5, 5.41) is 14.1. The van der Waals surface area contributed by atoms with Crippen LogP contribution in [-0.2, 0) is 14.2 Å². The van der Waals surface area contributed by atoms with Crippen molar-refractivity contribution >= 4 is 5.82 Å². The summed E-state index contributed by atoms with van der Waals surface area (Å²) in [6.45, 7) is 2.71. The van der Waals surface area contributed by atoms with E-state index in [1.807, 2.05) is 0 Å². The molecule has 0 N–H and O–H groups in total. The molecule has 0 radical (unpaired) electrons. The monoisotopic (exact) mass is 341 g/mol. The molecular weight excluding hydrogens is 322 g/mol. The number of nitrogens with zero attached hydrogens (tertiary/aromatic N) is 5. The SMILES string of the molecule is [N-]=[N+]=NCCOCCOCCOCCOc1cccnc1[N+](=O)[O-]. The summed E-state index contributed by atoms with van der Waals surface area (Å²) >= 11 is 0. The fourth-order valence-corrected chi connectivity index (χ4v) is 1.53. The lowest BCUT2D eigenvalue weighted by atomic mass is 10.4. The molecule has 0 spiro atoms. The van der Waals surface area contributed by atoms with Gasteiger partial charge in [-0.3, -0.25) is 0 Å². The molecule has 0 fully saturated rings. The molecule has 0 aromatic carbocycles. The molecule has 11 nitrogen and oxygen atoms in total. The first kappa shape index (κ1) is 19.6. The second kappa shape index (κ2) is 13.0. The predicted molar refractivity (Wildman–Crippen MR) is 82.9 cm³/mol. The van der Waals surface area contributed by atoms with Crippen LogP contribution in [0.1, 0.15) is 0 Å². The topological polar surface area (TPSA) is 142 Å². The third-order valence-electron chi connectivity index (χ3n) is 2.55. The van der Waals surface area contributed by atoms with Crippen molar-refractivity contribution in [3.63, 3.8) is 0 Å². The number of nitro groups is 1. The van der Waals surface area contributed by atoms with Gasteiger partial charge in [0.1, 0.15) is 12.8 Å². The molecule has 1 aromatic rings. The first-order valence-corrected chi connectivity index (χ1v) is 7.22. The van der Waals surface area contributed by atoms with Crippen molar-refractivity contribution < 1.29 is 23.9 Å². The number of pyridine rings is 1. The van der Waals surface area contributed by atoms with Crippen molar-refractivity contribution in [3.05, 3.63) is 38.9 Å². The Labute approximate surface area is 138 Å². The Kier molecular flexibility index (Phi) is 10.6. The van der Waals surface area contributed by atoms with E-state index in [0.29, 0.717) is 39.6 Å². The van der Waals surface area contributed by atoms with Crippen LogP contribution in [0.15, 0.2) is 23.4 Å². The third kappa shape index (κ3) is 8.86. The van der Waals surface area contributed by atoms with E-state index >= 15 is 0 Å². The molecule has 0 aliphatic rings. The highest BCUT2D eigenvalue weighted by Crippen LogP contribution is 2.22. The van der Waals surface area contributed by atoms with Crippen molar-refractivity contribution in [3.8, 4) is 5.75 Å². The number of hydrogen-bond acceptors (Lipinski definition) is 8. The average molecular weight is 341 g/mol. The Morgan fingerprint density at radius 3 is 2.38 bits per heavy atom. The maximum atomic E-state index is 10.7. The highest BCUT2D eigenvalue weighted by atomic mass is 16.6. The van der Waals surface area contributed by atoms with Crippen LogP contribution in [-0.4, -0.2) is 62.7 Å². The minimum Gasteiger partial charge on any atom is -0.483 e. The third-order valence-corrected chi connectivity index (χ3v) is 2.55. The largest absolute Gasteiger partial charge is 0.483 e. The van der Waals surface area contributed by atoms with E-state index in [-0.39, 0.29) is 24.8 Å². The Morgan fingerprint density at radius 1 is 1.12 bits per heavy atom. The standard InChI is InChI=1S/C13H19N5O6/c14-17-16-4-5-21-6-7-22-8-9-23-10-11-24-12-2-1-3-15-13(12)18(19)20/h1-3H,4-11H2. The molecule has 0 atom stereocenters. The zero-order valence-electron chi connectivity index (χ0n) is 13.1. The number of ether oxygens (including phenoxy) is 4. The molecule has 0 saturated carbocycles. The van der Waals surface area contributed by atoms with Crippen LogP contribution in [0.25, 0.3) is 10.4 Å². The highest BCUT2D eigenvalue weighted by molar-refractivity contribution is 5.38. The molecule has 11 heteroatoms. The van der Waals surface area contributed by atoms with E-state index in [2.05, 4.69) is 15.0 Å². The zero-order chi connectivity index (χ0) is 17.5. The van der Waals surface area contributed by atoms with Gasteiger partial charge in [0, 0.05) is 11.5 Å². The summed E-state index contributed by atoms with van der Waals surface area (Å²) in [7, 11) is 0. The fourth-order valence-electron chi connectivity index (χ4n) is 1.53. The van der Waals surface area contributed by atoms with Gasteiger partial charge in [0.05, 0.1) is 39.6 Å². The van der Waals surface area contributed by atoms with Crippen molar-refractivity contribution in [2.75, 3.05) is 52.8 Å². The molecule has 0 aliphatic carbocycles. The smallest absolute Gasteiger partial charge is 0.406 e. The molecular formula is C13H19N5O6. The van der Waals surface area contributed by atoms with E-state index < -0.39 is 4.92 Å². The van der Waals surface area contributed by atoms with Gasteiger partial charge in [-0.15, -0.1) is 0 Å². The van der Waals surface area contributed by atoms with Crippen molar-refractivity contribution in [2.45, 2.75) is 0 Å². The maximum Gasteiger partial charge on any atom is 0.406 e. The molecule has 1 rings (SSSR count). The normalized spacial score (nSPS) is 10.2. The van der Waals surface area contributed by atoms with Gasteiger partial charge in [-0.05, 0) is 27.6 Å². The summed E-state index contributed by atoms with van der Waals surface area (Å²) in [4.78, 5) is 16.4. The molecule has 0 bridgehead atoms. The molecule has 24 heavy (non-hydrogen) atoms. The predicted octanol–water partition coefficient (Wildman–Crippen LogP) is 1.73. The molecule has 0 amide bonds. The first-order valence-electron chi connectivity index (χ1n) is 7.22. The Bertz CT molecular complexity index is 537. The summed E-state index contributed by atoms with van der Waals surface area (Å²) in [6.07, 6.45) is 1.33. The number of hydrogen-bond donors (Lipinski definition) is 0. The van der Waals surface area contributed by atoms with Gasteiger partial charge < -0.3 is 29.1 Å². The van der Waals surface area contributed by atoms with E-state index in [9.17, 15) is 10.1 Å². The molecule has 0 aliphatic heterocycles. The van der Waals surface area contributed by atoms with Crippen LogP contribution < -0.4 is 4.74 Å². The second-order valence-electron chi connectivity index (χ2n) is 4.22. The van der Waals surface area contributed by atoms with E-state index in [0.717, 1.165) is 0 Å². The van der Waals surface area contributed by atoms with Crippen LogP contribution in [0.5, 0.6) is 5.75 Å². The van der Waals surface area contributed by atoms with E-state index in [1.165, 1.54) is 12.3 Å². The van der Waals surface area contributed by atoms with E-state index in [1.54, 1.807) is 6.07 Å². The van der Waals surface area contributed by atoms with Gasteiger partial charge in [-0.2, -0.15) is 0 Å². The molecule has 0 unspecified atom stereocenters. The van der Waals surface area contributed by atoms with Crippen LogP contribution in [0.2, 0.25) is 0 Å². The van der Waals surface area contributed by atoms with Crippen LogP contribution in [0.3, 0.4) is 0 Å². The zero-order valence-corrected chi connectivity index (χ0v) is 13.1. The van der Waals surface area contributed by atoms with Crippen molar-refractivity contribution in [1.82, 2.24) is 4.98 Å². The summed E-state index contributed by atoms with van der Waals surface area (Å²) in [5.41, 5.74) is 8.05. The Balaban J connectivity index is 1.96. The van der Waals surface area contributed by atoms with Gasteiger partial charge in [0.15, 0.2) is 0 Å². The van der Waals surface area contributed by atoms with Gasteiger partial charge in [0.2, 0.25) is 5.75 Å². The van der Waals surface area contributed by atoms with Gasteiger partial charge in [-0.25, -0.2) is 0 Å². The van der Waals surface area contributed by atoms with Crippen LogP contribution in [0.4, 0.5) is 5.82 Å². The Hall–Kier alpha value is -2.46. The lowest BCUT2D eigenvalue weighted by Crippen LogP contribution is -2.13. The minimum absolute atomic E-state index is 0.111. The van der Waals surface area contributed by atoms with Gasteiger partial charge in [-0.1, -0.05) is 5.11 Å². The van der Waals surface area contributed by atoms with Crippen molar-refractivity contribution in [1.29, 1.82) is 0 Å². The van der Waals surface area contributed by atoms with Gasteiger partial charge in [0.25, 0.3) is 0 Å². The van der Waals surface area contributed by atoms with Crippen molar-refractivity contribution in [2.24, 2.45) is 5.11 Å². The summed E-state index contributed by atoms with van der Waals surface area (Å²) < 4.78 is 21.0. The molecule has 132 valence electrons. The second-order valence-corrected chi connectivity index (χ2v) is 4.22. The summed E-state index contributed by atoms with van der Waals surface area (Å²) in [5.74, 6) is -0.207. The molecule has 1 heterocycles. The number of rotatable bonds is 14. The van der Waals surface area contributed by atoms with Crippen LogP contribution >= 0.6 is 0 Å².